The lowest BCUT2D eigenvalue weighted by atomic mass is 10.0. The summed E-state index contributed by atoms with van der Waals surface area (Å²) in [5.41, 5.74) is 7.98. The Labute approximate surface area is 218 Å². The average Bonchev–Trinajstić information content (AvgIpc) is 3.36. The Morgan fingerprint density at radius 1 is 1.03 bits per heavy atom. The Morgan fingerprint density at radius 3 is 2.46 bits per heavy atom. The Kier molecular flexibility index (Phi) is 10.3. The molecule has 1 unspecified atom stereocenters. The number of nitrogens with one attached hydrogen (secondary N) is 3. The fourth-order valence-electron chi connectivity index (χ4n) is 3.29. The van der Waals surface area contributed by atoms with Gasteiger partial charge in [-0.05, 0) is 43.2 Å². The van der Waals surface area contributed by atoms with Gasteiger partial charge in [0.1, 0.15) is 5.69 Å². The van der Waals surface area contributed by atoms with Gasteiger partial charge in [-0.1, -0.05) is 30.3 Å². The number of nitrogens with two attached hydrogens (primary N) is 1. The number of anilines is 2. The van der Waals surface area contributed by atoms with Gasteiger partial charge in [-0.25, -0.2) is 9.78 Å². The van der Waals surface area contributed by atoms with Gasteiger partial charge in [0.2, 0.25) is 0 Å². The topological polar surface area (TPSA) is 153 Å². The molecule has 1 aromatic heterocycles. The first-order valence-electron chi connectivity index (χ1n) is 11.7. The maximum atomic E-state index is 12.5. The van der Waals surface area contributed by atoms with Gasteiger partial charge >= 0.3 is 12.0 Å². The molecule has 3 amide bonds. The molecule has 0 spiro atoms. The van der Waals surface area contributed by atoms with Crippen LogP contribution in [-0.2, 0) is 16.1 Å². The van der Waals surface area contributed by atoms with Crippen LogP contribution in [0.4, 0.5) is 15.6 Å². The van der Waals surface area contributed by atoms with E-state index in [-0.39, 0.29) is 35.4 Å². The van der Waals surface area contributed by atoms with Crippen LogP contribution in [0.2, 0.25) is 0 Å². The van der Waals surface area contributed by atoms with E-state index in [1.54, 1.807) is 36.6 Å². The van der Waals surface area contributed by atoms with Gasteiger partial charge in [0, 0.05) is 35.6 Å². The number of amides is 3. The van der Waals surface area contributed by atoms with E-state index in [1.807, 2.05) is 30.3 Å². The molecule has 3 aromatic rings. The molecule has 0 saturated heterocycles. The largest absolute Gasteiger partial charge is 0.466 e. The summed E-state index contributed by atoms with van der Waals surface area (Å²) in [6, 6.07) is 15.1. The van der Waals surface area contributed by atoms with Crippen molar-refractivity contribution in [2.24, 2.45) is 5.73 Å². The Bertz CT molecular complexity index is 1210. The number of hydrogen-bond donors (Lipinski definition) is 4. The molecule has 0 aliphatic rings. The van der Waals surface area contributed by atoms with Crippen LogP contribution < -0.4 is 21.7 Å². The van der Waals surface area contributed by atoms with Gasteiger partial charge < -0.3 is 21.1 Å². The van der Waals surface area contributed by atoms with E-state index in [0.717, 1.165) is 16.9 Å². The number of thiazole rings is 1. The molecule has 2 aromatic carbocycles. The van der Waals surface area contributed by atoms with Crippen LogP contribution in [-0.4, -0.2) is 41.3 Å². The van der Waals surface area contributed by atoms with E-state index in [0.29, 0.717) is 30.8 Å². The van der Waals surface area contributed by atoms with E-state index >= 15 is 0 Å². The molecule has 3 rings (SSSR count). The first-order valence-corrected chi connectivity index (χ1v) is 12.6. The predicted octanol–water partition coefficient (Wildman–Crippen LogP) is 3.96. The number of rotatable bonds is 12. The number of hydrogen-bond acceptors (Lipinski definition) is 8. The minimum absolute atomic E-state index is 0.0678. The van der Waals surface area contributed by atoms with Gasteiger partial charge in [0.25, 0.3) is 5.91 Å². The monoisotopic (exact) mass is 523 g/mol. The highest BCUT2D eigenvalue weighted by molar-refractivity contribution is 7.14. The Balaban J connectivity index is 1.44. The van der Waals surface area contributed by atoms with Gasteiger partial charge in [0.05, 0.1) is 13.0 Å². The SMILES string of the molecule is CCOC(=O)CC(N)CCC(=O)c1ccc(NC(=O)c2csc(NC(=O)NCc3ccccc3)n2)cc1. The number of nitrogens with zero attached hydrogens (tertiary/aromatic N) is 1. The van der Waals surface area contributed by atoms with Crippen LogP contribution in [0.1, 0.15) is 52.6 Å². The fourth-order valence-corrected chi connectivity index (χ4v) is 3.97. The molecule has 1 atom stereocenters. The summed E-state index contributed by atoms with van der Waals surface area (Å²) < 4.78 is 4.86. The number of ketones is 1. The van der Waals surface area contributed by atoms with Gasteiger partial charge in [-0.3, -0.25) is 19.7 Å². The first kappa shape index (κ1) is 27.5. The second-order valence-corrected chi connectivity index (χ2v) is 8.95. The third kappa shape index (κ3) is 9.13. The van der Waals surface area contributed by atoms with E-state index in [2.05, 4.69) is 20.9 Å². The molecule has 0 radical (unpaired) electrons. The minimum atomic E-state index is -0.450. The molecule has 0 aliphatic carbocycles. The van der Waals surface area contributed by atoms with Gasteiger partial charge in [0.15, 0.2) is 10.9 Å². The lowest BCUT2D eigenvalue weighted by Crippen LogP contribution is -2.28. The molecule has 0 fully saturated rings. The summed E-state index contributed by atoms with van der Waals surface area (Å²) in [6.45, 7) is 2.38. The molecular formula is C26H29N5O5S. The number of ether oxygens (including phenoxy) is 1. The third-order valence-corrected chi connectivity index (χ3v) is 5.95. The number of benzene rings is 2. The van der Waals surface area contributed by atoms with Crippen molar-refractivity contribution in [3.63, 3.8) is 0 Å². The highest BCUT2D eigenvalue weighted by Crippen LogP contribution is 2.18. The van der Waals surface area contributed by atoms with Crippen molar-refractivity contribution in [3.8, 4) is 0 Å². The number of Topliss-reactive ketones (excluding diaryl/α,β-unsaturated/α-hetero) is 1. The normalized spacial score (nSPS) is 11.3. The highest BCUT2D eigenvalue weighted by atomic mass is 32.1. The van der Waals surface area contributed by atoms with Crippen molar-refractivity contribution in [2.75, 3.05) is 17.2 Å². The molecule has 10 nitrogen and oxygen atoms in total. The Morgan fingerprint density at radius 2 is 1.76 bits per heavy atom. The summed E-state index contributed by atoms with van der Waals surface area (Å²) in [5, 5.41) is 9.89. The minimum Gasteiger partial charge on any atom is -0.466 e. The van der Waals surface area contributed by atoms with Crippen LogP contribution in [0.15, 0.2) is 60.0 Å². The van der Waals surface area contributed by atoms with Crippen LogP contribution in [0, 0.1) is 0 Å². The average molecular weight is 524 g/mol. The van der Waals surface area contributed by atoms with Crippen LogP contribution >= 0.6 is 11.3 Å². The molecule has 37 heavy (non-hydrogen) atoms. The number of esters is 1. The number of urea groups is 1. The van der Waals surface area contributed by atoms with Crippen LogP contribution in [0.3, 0.4) is 0 Å². The maximum absolute atomic E-state index is 12.5. The molecular weight excluding hydrogens is 494 g/mol. The van der Waals surface area contributed by atoms with E-state index in [9.17, 15) is 19.2 Å². The van der Waals surface area contributed by atoms with E-state index < -0.39 is 18.0 Å². The smallest absolute Gasteiger partial charge is 0.321 e. The molecule has 194 valence electrons. The highest BCUT2D eigenvalue weighted by Gasteiger charge is 2.15. The fraction of sp³-hybridized carbons (Fsp3) is 0.269. The van der Waals surface area contributed by atoms with E-state index in [1.165, 1.54) is 0 Å². The van der Waals surface area contributed by atoms with Crippen molar-refractivity contribution >= 4 is 45.8 Å². The molecule has 0 bridgehead atoms. The predicted molar refractivity (Wildman–Crippen MR) is 142 cm³/mol. The summed E-state index contributed by atoms with van der Waals surface area (Å²) in [5.74, 6) is -0.937. The zero-order valence-corrected chi connectivity index (χ0v) is 21.2. The van der Waals surface area contributed by atoms with E-state index in [4.69, 9.17) is 10.5 Å². The second kappa shape index (κ2) is 13.9. The van der Waals surface area contributed by atoms with Gasteiger partial charge in [-0.2, -0.15) is 0 Å². The first-order chi connectivity index (χ1) is 17.8. The van der Waals surface area contributed by atoms with Crippen molar-refractivity contribution < 1.29 is 23.9 Å². The summed E-state index contributed by atoms with van der Waals surface area (Å²) in [7, 11) is 0. The number of carbonyl (C=O) groups excluding carboxylic acids is 4. The second-order valence-electron chi connectivity index (χ2n) is 8.09. The summed E-state index contributed by atoms with van der Waals surface area (Å²) in [4.78, 5) is 52.7. The molecule has 5 N–H and O–H groups in total. The van der Waals surface area contributed by atoms with Crippen molar-refractivity contribution in [1.82, 2.24) is 10.3 Å². The van der Waals surface area contributed by atoms with Gasteiger partial charge in [-0.15, -0.1) is 11.3 Å². The zero-order chi connectivity index (χ0) is 26.6. The van der Waals surface area contributed by atoms with Crippen molar-refractivity contribution in [3.05, 3.63) is 76.8 Å². The molecule has 0 aliphatic heterocycles. The lowest BCUT2D eigenvalue weighted by Gasteiger charge is -2.10. The quantitative estimate of drug-likeness (QED) is 0.207. The van der Waals surface area contributed by atoms with Crippen LogP contribution in [0.25, 0.3) is 0 Å². The molecule has 1 heterocycles. The molecule has 0 saturated carbocycles. The number of carbonyl (C=O) groups is 4. The zero-order valence-electron chi connectivity index (χ0n) is 20.4. The third-order valence-electron chi connectivity index (χ3n) is 5.19. The molecule has 11 heteroatoms. The lowest BCUT2D eigenvalue weighted by molar-refractivity contribution is -0.143. The Hall–Kier alpha value is -4.09. The maximum Gasteiger partial charge on any atom is 0.321 e. The summed E-state index contributed by atoms with van der Waals surface area (Å²) in [6.07, 6.45) is 0.624. The van der Waals surface area contributed by atoms with Crippen molar-refractivity contribution in [1.29, 1.82) is 0 Å². The van der Waals surface area contributed by atoms with Crippen molar-refractivity contribution in [2.45, 2.75) is 38.8 Å². The van der Waals surface area contributed by atoms with Crippen LogP contribution in [0.5, 0.6) is 0 Å². The summed E-state index contributed by atoms with van der Waals surface area (Å²) >= 11 is 1.13. The standard InChI is InChI=1S/C26H29N5O5S/c1-2-36-23(33)14-19(27)10-13-22(32)18-8-11-20(12-9-18)29-24(34)21-16-37-26(30-21)31-25(35)28-15-17-6-4-3-5-7-17/h3-9,11-12,16,19H,2,10,13-15,27H2,1H3,(H,29,34)(H2,28,30,31,35). The number of aromatic nitrogens is 1.